The fourth-order valence-corrected chi connectivity index (χ4v) is 3.44. The van der Waals surface area contributed by atoms with E-state index in [1.54, 1.807) is 13.2 Å². The second-order valence-electron chi connectivity index (χ2n) is 6.11. The minimum absolute atomic E-state index is 0.0513. The molecular formula is C19H21Cl2N3O2. The molecule has 2 aromatic rings. The van der Waals surface area contributed by atoms with Gasteiger partial charge in [0.1, 0.15) is 5.75 Å². The van der Waals surface area contributed by atoms with E-state index in [4.69, 9.17) is 27.9 Å². The third kappa shape index (κ3) is 4.74. The molecule has 138 valence electrons. The first-order valence-electron chi connectivity index (χ1n) is 8.42. The first kappa shape index (κ1) is 18.7. The highest BCUT2D eigenvalue weighted by Gasteiger charge is 2.21. The van der Waals surface area contributed by atoms with E-state index in [1.165, 1.54) is 0 Å². The number of carbonyl (C=O) groups excluding carboxylic acids is 1. The average molecular weight is 394 g/mol. The Hall–Kier alpha value is -2.11. The first-order chi connectivity index (χ1) is 12.5. The summed E-state index contributed by atoms with van der Waals surface area (Å²) in [6.45, 7) is 3.28. The molecule has 1 heterocycles. The van der Waals surface area contributed by atoms with Crippen molar-refractivity contribution in [2.45, 2.75) is 6.54 Å². The molecule has 26 heavy (non-hydrogen) atoms. The predicted molar refractivity (Wildman–Crippen MR) is 105 cm³/mol. The Bertz CT molecular complexity index is 740. The number of nitrogens with one attached hydrogen (secondary N) is 1. The lowest BCUT2D eigenvalue weighted by molar-refractivity contribution is 0.194. The summed E-state index contributed by atoms with van der Waals surface area (Å²) in [6, 6.07) is 13.1. The molecule has 0 bridgehead atoms. The van der Waals surface area contributed by atoms with Gasteiger partial charge in [0.25, 0.3) is 0 Å². The molecule has 1 N–H and O–H groups in total. The van der Waals surface area contributed by atoms with Crippen LogP contribution < -0.4 is 15.0 Å². The molecule has 7 heteroatoms. The number of carbonyl (C=O) groups is 1. The number of urea groups is 1. The molecule has 2 amide bonds. The Morgan fingerprint density at radius 3 is 2.23 bits per heavy atom. The van der Waals surface area contributed by atoms with Crippen molar-refractivity contribution in [1.82, 2.24) is 10.2 Å². The number of anilines is 1. The van der Waals surface area contributed by atoms with Crippen LogP contribution in [0.4, 0.5) is 10.5 Å². The Kier molecular flexibility index (Phi) is 6.12. The molecule has 0 unspecified atom stereocenters. The van der Waals surface area contributed by atoms with Crippen LogP contribution in [-0.4, -0.2) is 44.2 Å². The normalized spacial score (nSPS) is 14.3. The topological polar surface area (TPSA) is 44.8 Å². The number of hydrogen-bond donors (Lipinski definition) is 1. The average Bonchev–Trinajstić information content (AvgIpc) is 2.66. The second kappa shape index (κ2) is 8.52. The molecule has 1 aliphatic rings. The van der Waals surface area contributed by atoms with E-state index in [-0.39, 0.29) is 6.03 Å². The molecule has 0 spiro atoms. The number of nitrogens with zero attached hydrogens (tertiary/aromatic N) is 2. The van der Waals surface area contributed by atoms with Gasteiger partial charge in [-0.25, -0.2) is 4.79 Å². The Balaban J connectivity index is 1.50. The summed E-state index contributed by atoms with van der Waals surface area (Å²) in [5.74, 6) is 0.803. The summed E-state index contributed by atoms with van der Waals surface area (Å²) in [4.78, 5) is 16.4. The molecule has 1 aliphatic heterocycles. The second-order valence-corrected chi connectivity index (χ2v) is 6.98. The largest absolute Gasteiger partial charge is 0.497 e. The van der Waals surface area contributed by atoms with Gasteiger partial charge in [0.05, 0.1) is 7.11 Å². The van der Waals surface area contributed by atoms with Gasteiger partial charge in [-0.3, -0.25) is 0 Å². The highest BCUT2D eigenvalue weighted by atomic mass is 35.5. The molecule has 0 aliphatic carbocycles. The van der Waals surface area contributed by atoms with Gasteiger partial charge in [0.2, 0.25) is 0 Å². The molecule has 0 radical (unpaired) electrons. The third-order valence-corrected chi connectivity index (χ3v) is 4.82. The summed E-state index contributed by atoms with van der Waals surface area (Å²) in [6.07, 6.45) is 0. The smallest absolute Gasteiger partial charge is 0.317 e. The Labute approximate surface area is 163 Å². The van der Waals surface area contributed by atoms with E-state index >= 15 is 0 Å². The minimum Gasteiger partial charge on any atom is -0.497 e. The van der Waals surface area contributed by atoms with Gasteiger partial charge in [0.15, 0.2) is 0 Å². The fraction of sp³-hybridized carbons (Fsp3) is 0.316. The quantitative estimate of drug-likeness (QED) is 0.852. The monoisotopic (exact) mass is 393 g/mol. The van der Waals surface area contributed by atoms with Crippen LogP contribution in [0, 0.1) is 0 Å². The van der Waals surface area contributed by atoms with Crippen molar-refractivity contribution in [3.63, 3.8) is 0 Å². The molecule has 0 saturated carbocycles. The number of benzene rings is 2. The Morgan fingerprint density at radius 1 is 1.04 bits per heavy atom. The number of hydrogen-bond acceptors (Lipinski definition) is 3. The van der Waals surface area contributed by atoms with Crippen LogP contribution in [0.5, 0.6) is 5.75 Å². The van der Waals surface area contributed by atoms with Crippen LogP contribution in [0.3, 0.4) is 0 Å². The lowest BCUT2D eigenvalue weighted by Crippen LogP contribution is -2.51. The zero-order chi connectivity index (χ0) is 18.5. The van der Waals surface area contributed by atoms with Crippen LogP contribution in [-0.2, 0) is 6.54 Å². The minimum atomic E-state index is -0.0513. The lowest BCUT2D eigenvalue weighted by atomic mass is 10.2. The van der Waals surface area contributed by atoms with Gasteiger partial charge in [-0.05, 0) is 35.9 Å². The summed E-state index contributed by atoms with van der Waals surface area (Å²) in [7, 11) is 1.63. The molecule has 1 fully saturated rings. The van der Waals surface area contributed by atoms with Gasteiger partial charge in [-0.2, -0.15) is 0 Å². The summed E-state index contributed by atoms with van der Waals surface area (Å²) < 4.78 is 5.13. The number of ether oxygens (including phenoxy) is 1. The summed E-state index contributed by atoms with van der Waals surface area (Å²) >= 11 is 12.1. The molecule has 2 aromatic carbocycles. The van der Waals surface area contributed by atoms with Crippen LogP contribution >= 0.6 is 23.2 Å². The number of amides is 2. The van der Waals surface area contributed by atoms with Gasteiger partial charge < -0.3 is 19.9 Å². The molecular weight excluding hydrogens is 373 g/mol. The molecule has 5 nitrogen and oxygen atoms in total. The number of rotatable bonds is 4. The van der Waals surface area contributed by atoms with Gasteiger partial charge >= 0.3 is 6.03 Å². The maximum atomic E-state index is 12.4. The van der Waals surface area contributed by atoms with Crippen LogP contribution in [0.1, 0.15) is 5.56 Å². The van der Waals surface area contributed by atoms with E-state index < -0.39 is 0 Å². The maximum absolute atomic E-state index is 12.4. The van der Waals surface area contributed by atoms with Gasteiger partial charge in [-0.1, -0.05) is 35.3 Å². The van der Waals surface area contributed by atoms with Crippen molar-refractivity contribution < 1.29 is 9.53 Å². The van der Waals surface area contributed by atoms with Crippen molar-refractivity contribution in [3.8, 4) is 5.75 Å². The maximum Gasteiger partial charge on any atom is 0.317 e. The zero-order valence-corrected chi connectivity index (χ0v) is 16.1. The number of methoxy groups -OCH3 is 1. The van der Waals surface area contributed by atoms with E-state index in [2.05, 4.69) is 10.2 Å². The Morgan fingerprint density at radius 2 is 1.65 bits per heavy atom. The molecule has 0 aromatic heterocycles. The molecule has 0 atom stereocenters. The van der Waals surface area contributed by atoms with Crippen molar-refractivity contribution in [1.29, 1.82) is 0 Å². The third-order valence-electron chi connectivity index (χ3n) is 4.38. The van der Waals surface area contributed by atoms with E-state index in [0.29, 0.717) is 29.7 Å². The summed E-state index contributed by atoms with van der Waals surface area (Å²) in [5.41, 5.74) is 2.02. The highest BCUT2D eigenvalue weighted by Crippen LogP contribution is 2.26. The van der Waals surface area contributed by atoms with E-state index in [1.807, 2.05) is 41.3 Å². The van der Waals surface area contributed by atoms with Crippen molar-refractivity contribution in [2.24, 2.45) is 0 Å². The molecule has 1 saturated heterocycles. The van der Waals surface area contributed by atoms with Crippen molar-refractivity contribution in [2.75, 3.05) is 38.2 Å². The van der Waals surface area contributed by atoms with Crippen molar-refractivity contribution >= 4 is 34.9 Å². The van der Waals surface area contributed by atoms with Crippen LogP contribution in [0.15, 0.2) is 42.5 Å². The predicted octanol–water partition coefficient (Wildman–Crippen LogP) is 4.03. The van der Waals surface area contributed by atoms with E-state index in [0.717, 1.165) is 30.1 Å². The highest BCUT2D eigenvalue weighted by molar-refractivity contribution is 6.35. The SMILES string of the molecule is COc1ccc(CNC(=O)N2CCN(c3cc(Cl)cc(Cl)c3)CC2)cc1. The number of piperazine rings is 1. The van der Waals surface area contributed by atoms with Crippen LogP contribution in [0.2, 0.25) is 10.0 Å². The molecule has 3 rings (SSSR count). The first-order valence-corrected chi connectivity index (χ1v) is 9.17. The lowest BCUT2D eigenvalue weighted by Gasteiger charge is -2.36. The van der Waals surface area contributed by atoms with Gasteiger partial charge in [0, 0.05) is 48.5 Å². The fourth-order valence-electron chi connectivity index (χ4n) is 2.92. The zero-order valence-electron chi connectivity index (χ0n) is 14.5. The van der Waals surface area contributed by atoms with Crippen LogP contribution in [0.25, 0.3) is 0 Å². The summed E-state index contributed by atoms with van der Waals surface area (Å²) in [5, 5.41) is 4.20. The van der Waals surface area contributed by atoms with Gasteiger partial charge in [-0.15, -0.1) is 0 Å². The number of halogens is 2. The van der Waals surface area contributed by atoms with E-state index in [9.17, 15) is 4.79 Å². The standard InChI is InChI=1S/C19H21Cl2N3O2/c1-26-18-4-2-14(3-5-18)13-22-19(25)24-8-6-23(7-9-24)17-11-15(20)10-16(21)12-17/h2-5,10-12H,6-9,13H2,1H3,(H,22,25). The van der Waals surface area contributed by atoms with Crippen molar-refractivity contribution in [3.05, 3.63) is 58.1 Å².